The van der Waals surface area contributed by atoms with Crippen molar-refractivity contribution in [2.24, 2.45) is 0 Å². The number of benzene rings is 1. The van der Waals surface area contributed by atoms with Crippen molar-refractivity contribution < 1.29 is 9.53 Å². The van der Waals surface area contributed by atoms with Crippen LogP contribution in [-0.4, -0.2) is 35.8 Å². The van der Waals surface area contributed by atoms with E-state index in [9.17, 15) is 4.79 Å². The van der Waals surface area contributed by atoms with Crippen LogP contribution in [0, 0.1) is 0 Å². The molecule has 0 bridgehead atoms. The van der Waals surface area contributed by atoms with E-state index in [1.165, 1.54) is 11.3 Å². The molecule has 1 spiro atoms. The van der Waals surface area contributed by atoms with Crippen LogP contribution >= 0.6 is 11.8 Å². The van der Waals surface area contributed by atoms with Gasteiger partial charge >= 0.3 is 6.03 Å². The fourth-order valence-electron chi connectivity index (χ4n) is 3.82. The van der Waals surface area contributed by atoms with E-state index in [1.54, 1.807) is 0 Å². The summed E-state index contributed by atoms with van der Waals surface area (Å²) in [6.07, 6.45) is 5.03. The third-order valence-corrected chi connectivity index (χ3v) is 6.55. The molecule has 3 fully saturated rings. The summed E-state index contributed by atoms with van der Waals surface area (Å²) in [6, 6.07) is 10.5. The van der Waals surface area contributed by atoms with E-state index in [0.717, 1.165) is 44.5 Å². The summed E-state index contributed by atoms with van der Waals surface area (Å²) in [7, 11) is 0. The van der Waals surface area contributed by atoms with E-state index in [1.807, 2.05) is 30.0 Å². The number of amides is 2. The highest BCUT2D eigenvalue weighted by molar-refractivity contribution is 7.99. The lowest BCUT2D eigenvalue weighted by Gasteiger charge is -2.38. The molecular formula is C18H24N2O2S. The zero-order chi connectivity index (χ0) is 15.8. The fraction of sp³-hybridized carbons (Fsp3) is 0.611. The molecule has 2 atom stereocenters. The lowest BCUT2D eigenvalue weighted by atomic mass is 9.90. The molecule has 1 saturated carbocycles. The van der Waals surface area contributed by atoms with E-state index >= 15 is 0 Å². The molecule has 1 aliphatic carbocycles. The zero-order valence-corrected chi connectivity index (χ0v) is 14.2. The van der Waals surface area contributed by atoms with Gasteiger partial charge in [-0.25, -0.2) is 4.79 Å². The largest absolute Gasteiger partial charge is 0.374 e. The number of carbonyl (C=O) groups excluding carboxylic acids is 1. The summed E-state index contributed by atoms with van der Waals surface area (Å²) in [5.41, 5.74) is 1.08. The third kappa shape index (κ3) is 3.22. The van der Waals surface area contributed by atoms with Crippen molar-refractivity contribution >= 4 is 17.8 Å². The minimum Gasteiger partial charge on any atom is -0.374 e. The van der Waals surface area contributed by atoms with Crippen molar-refractivity contribution in [2.75, 3.05) is 18.1 Å². The number of thioether (sulfide) groups is 1. The molecule has 0 unspecified atom stereocenters. The molecule has 1 aromatic rings. The Kier molecular flexibility index (Phi) is 4.01. The molecule has 2 amide bonds. The second-order valence-electron chi connectivity index (χ2n) is 7.07. The summed E-state index contributed by atoms with van der Waals surface area (Å²) < 4.78 is 6.03. The van der Waals surface area contributed by atoms with Crippen LogP contribution in [0.25, 0.3) is 0 Å². The summed E-state index contributed by atoms with van der Waals surface area (Å²) >= 11 is 1.96. The Hall–Kier alpha value is -1.20. The number of ether oxygens (including phenoxy) is 1. The van der Waals surface area contributed by atoms with Crippen molar-refractivity contribution in [3.63, 3.8) is 0 Å². The molecule has 2 aliphatic heterocycles. The maximum Gasteiger partial charge on any atom is 0.315 e. The fourth-order valence-corrected chi connectivity index (χ4v) is 5.20. The molecule has 1 aromatic carbocycles. The lowest BCUT2D eigenvalue weighted by molar-refractivity contribution is -0.0684. The highest BCUT2D eigenvalue weighted by atomic mass is 32.2. The Morgan fingerprint density at radius 1 is 1.22 bits per heavy atom. The van der Waals surface area contributed by atoms with Gasteiger partial charge in [0.1, 0.15) is 0 Å². The first-order valence-corrected chi connectivity index (χ1v) is 9.71. The number of rotatable bonds is 3. The maximum atomic E-state index is 12.5. The van der Waals surface area contributed by atoms with Crippen LogP contribution in [0.5, 0.6) is 0 Å². The Morgan fingerprint density at radius 2 is 2.04 bits per heavy atom. The van der Waals surface area contributed by atoms with Crippen LogP contribution in [0.2, 0.25) is 0 Å². The Balaban J connectivity index is 1.35. The highest BCUT2D eigenvalue weighted by Gasteiger charge is 2.46. The van der Waals surface area contributed by atoms with E-state index in [2.05, 4.69) is 22.8 Å². The molecule has 4 rings (SSSR count). The number of carbonyl (C=O) groups is 1. The van der Waals surface area contributed by atoms with Gasteiger partial charge in [-0.2, -0.15) is 11.8 Å². The Bertz CT molecular complexity index is 568. The van der Waals surface area contributed by atoms with Crippen molar-refractivity contribution in [1.82, 2.24) is 10.6 Å². The van der Waals surface area contributed by atoms with Crippen molar-refractivity contribution in [1.29, 1.82) is 0 Å². The second kappa shape index (κ2) is 6.02. The average Bonchev–Trinajstić information content (AvgIpc) is 3.21. The number of urea groups is 1. The topological polar surface area (TPSA) is 50.4 Å². The predicted molar refractivity (Wildman–Crippen MR) is 92.7 cm³/mol. The molecule has 124 valence electrons. The molecule has 2 N–H and O–H groups in total. The molecule has 3 aliphatic rings. The first kappa shape index (κ1) is 15.3. The molecule has 0 aromatic heterocycles. The molecule has 0 radical (unpaired) electrons. The van der Waals surface area contributed by atoms with Gasteiger partial charge in [0, 0.05) is 18.4 Å². The molecule has 2 saturated heterocycles. The van der Waals surface area contributed by atoms with E-state index in [-0.39, 0.29) is 23.2 Å². The SMILES string of the molecule is O=C(N[C@H]1CCO[C@]2(CCSC2)C1)NC1(c2ccccc2)CC1. The van der Waals surface area contributed by atoms with Crippen molar-refractivity contribution in [3.8, 4) is 0 Å². The first-order valence-electron chi connectivity index (χ1n) is 8.56. The summed E-state index contributed by atoms with van der Waals surface area (Å²) in [5, 5.41) is 6.41. The number of nitrogens with one attached hydrogen (secondary N) is 2. The second-order valence-corrected chi connectivity index (χ2v) is 8.18. The van der Waals surface area contributed by atoms with Gasteiger partial charge in [0.25, 0.3) is 0 Å². The molecule has 4 nitrogen and oxygen atoms in total. The van der Waals surface area contributed by atoms with Crippen LogP contribution < -0.4 is 10.6 Å². The monoisotopic (exact) mass is 332 g/mol. The minimum atomic E-state index is -0.141. The summed E-state index contributed by atoms with van der Waals surface area (Å²) in [4.78, 5) is 12.5. The van der Waals surface area contributed by atoms with Gasteiger partial charge in [-0.3, -0.25) is 0 Å². The van der Waals surface area contributed by atoms with E-state index in [0.29, 0.717) is 0 Å². The molecule has 2 heterocycles. The van der Waals surface area contributed by atoms with Crippen LogP contribution in [-0.2, 0) is 10.3 Å². The van der Waals surface area contributed by atoms with Gasteiger partial charge < -0.3 is 15.4 Å². The van der Waals surface area contributed by atoms with Gasteiger partial charge in [-0.15, -0.1) is 0 Å². The van der Waals surface area contributed by atoms with Crippen LogP contribution in [0.15, 0.2) is 30.3 Å². The Morgan fingerprint density at radius 3 is 2.74 bits per heavy atom. The predicted octanol–water partition coefficient (Wildman–Crippen LogP) is 3.03. The van der Waals surface area contributed by atoms with E-state index in [4.69, 9.17) is 4.74 Å². The van der Waals surface area contributed by atoms with Gasteiger partial charge in [-0.1, -0.05) is 30.3 Å². The number of hydrogen-bond donors (Lipinski definition) is 2. The maximum absolute atomic E-state index is 12.5. The quantitative estimate of drug-likeness (QED) is 0.894. The van der Waals surface area contributed by atoms with Crippen LogP contribution in [0.1, 0.15) is 37.7 Å². The highest BCUT2D eigenvalue weighted by Crippen LogP contribution is 2.45. The van der Waals surface area contributed by atoms with Gasteiger partial charge in [0.2, 0.25) is 0 Å². The average molecular weight is 332 g/mol. The normalized spacial score (nSPS) is 31.7. The van der Waals surface area contributed by atoms with E-state index < -0.39 is 0 Å². The van der Waals surface area contributed by atoms with Crippen molar-refractivity contribution in [3.05, 3.63) is 35.9 Å². The van der Waals surface area contributed by atoms with Crippen LogP contribution in [0.3, 0.4) is 0 Å². The first-order chi connectivity index (χ1) is 11.2. The number of hydrogen-bond acceptors (Lipinski definition) is 3. The summed E-state index contributed by atoms with van der Waals surface area (Å²) in [5.74, 6) is 2.25. The summed E-state index contributed by atoms with van der Waals surface area (Å²) in [6.45, 7) is 0.759. The zero-order valence-electron chi connectivity index (χ0n) is 13.3. The standard InChI is InChI=1S/C18H24N2O2S/c21-16(20-18(7-8-18)14-4-2-1-3-5-14)19-15-6-10-22-17(12-15)9-11-23-13-17/h1-5,15H,6-13H2,(H2,19,20,21)/t15-,17+/m0/s1. The lowest BCUT2D eigenvalue weighted by Crippen LogP contribution is -2.52. The third-order valence-electron chi connectivity index (χ3n) is 5.32. The molecular weight excluding hydrogens is 308 g/mol. The van der Waals surface area contributed by atoms with Crippen molar-refractivity contribution in [2.45, 2.75) is 49.3 Å². The molecule has 5 heteroatoms. The minimum absolute atomic E-state index is 0.0115. The van der Waals surface area contributed by atoms with Gasteiger partial charge in [-0.05, 0) is 43.4 Å². The van der Waals surface area contributed by atoms with Gasteiger partial charge in [0.15, 0.2) is 0 Å². The van der Waals surface area contributed by atoms with Gasteiger partial charge in [0.05, 0.1) is 11.1 Å². The smallest absolute Gasteiger partial charge is 0.315 e. The Labute approximate surface area is 141 Å². The van der Waals surface area contributed by atoms with Crippen LogP contribution in [0.4, 0.5) is 4.79 Å². The molecule has 23 heavy (non-hydrogen) atoms.